The zero-order chi connectivity index (χ0) is 15.6. The number of nitrogens with zero attached hydrogens (tertiary/aromatic N) is 2. The Morgan fingerprint density at radius 1 is 1.14 bits per heavy atom. The third kappa shape index (κ3) is 1.53. The van der Waals surface area contributed by atoms with Crippen LogP contribution in [0.5, 0.6) is 0 Å². The summed E-state index contributed by atoms with van der Waals surface area (Å²) in [6.45, 7) is 5.91. The summed E-state index contributed by atoms with van der Waals surface area (Å²) in [5.41, 5.74) is 1.77. The summed E-state index contributed by atoms with van der Waals surface area (Å²) >= 11 is 1.57. The van der Waals surface area contributed by atoms with Crippen LogP contribution in [0.2, 0.25) is 0 Å². The van der Waals surface area contributed by atoms with Gasteiger partial charge in [-0.3, -0.25) is 19.3 Å². The van der Waals surface area contributed by atoms with Gasteiger partial charge >= 0.3 is 0 Å². The fourth-order valence-electron chi connectivity index (χ4n) is 3.26. The van der Waals surface area contributed by atoms with Gasteiger partial charge in [0.2, 0.25) is 5.91 Å². The number of carbonyl (C=O) groups is 3. The molecule has 3 aliphatic heterocycles. The molecule has 0 spiro atoms. The molecule has 0 bridgehead atoms. The number of hydrogen-bond donors (Lipinski definition) is 0. The summed E-state index contributed by atoms with van der Waals surface area (Å²) in [4.78, 5) is 40.4. The molecule has 1 aromatic carbocycles. The van der Waals surface area contributed by atoms with Gasteiger partial charge < -0.3 is 4.90 Å². The molecule has 22 heavy (non-hydrogen) atoms. The molecule has 3 heterocycles. The van der Waals surface area contributed by atoms with Crippen LogP contribution in [0.1, 0.15) is 27.6 Å². The Balaban J connectivity index is 1.68. The van der Waals surface area contributed by atoms with Gasteiger partial charge in [0.25, 0.3) is 11.8 Å². The summed E-state index contributed by atoms with van der Waals surface area (Å²) in [7, 11) is 0. The monoisotopic (exact) mass is 314 g/mol. The largest absolute Gasteiger partial charge is 0.320 e. The molecule has 1 aromatic rings. The van der Waals surface area contributed by atoms with Gasteiger partial charge in [0.05, 0.1) is 17.2 Å². The van der Waals surface area contributed by atoms with Crippen molar-refractivity contribution in [1.82, 2.24) is 9.80 Å². The lowest BCUT2D eigenvalue weighted by molar-refractivity contribution is -0.152. The van der Waals surface area contributed by atoms with Crippen molar-refractivity contribution in [3.8, 4) is 0 Å². The Morgan fingerprint density at radius 2 is 1.73 bits per heavy atom. The number of thioether (sulfide) groups is 1. The number of hydrogen-bond acceptors (Lipinski definition) is 4. The van der Waals surface area contributed by atoms with Crippen LogP contribution in [0.25, 0.3) is 0 Å². The zero-order valence-corrected chi connectivity index (χ0v) is 12.8. The first-order chi connectivity index (χ1) is 10.5. The molecule has 0 saturated carbocycles. The molecule has 3 amide bonds. The molecular formula is C16H14N2O3S. The molecule has 2 saturated heterocycles. The molecule has 5 nitrogen and oxygen atoms in total. The van der Waals surface area contributed by atoms with E-state index < -0.39 is 6.04 Å². The number of fused-ring (bicyclic) bond motifs is 2. The average molecular weight is 314 g/mol. The molecule has 0 unspecified atom stereocenters. The molecule has 4 rings (SSSR count). The van der Waals surface area contributed by atoms with Gasteiger partial charge in [-0.05, 0) is 24.6 Å². The standard InChI is InChI=1S/C16H14N2O3S/c1-8-7-22-16-12(15(21)17(16)9(8)2)18-13(19)10-5-3-4-6-11(10)14(18)20/h3-6,9,12,16H,1,7H2,2H3/t9-,12-,16-/m1/s1. The molecule has 0 N–H and O–H groups in total. The van der Waals surface area contributed by atoms with Crippen LogP contribution >= 0.6 is 11.8 Å². The van der Waals surface area contributed by atoms with Gasteiger partial charge in [-0.2, -0.15) is 0 Å². The molecule has 3 aliphatic rings. The van der Waals surface area contributed by atoms with Crippen molar-refractivity contribution in [3.05, 3.63) is 47.5 Å². The van der Waals surface area contributed by atoms with Gasteiger partial charge in [0.1, 0.15) is 11.4 Å². The van der Waals surface area contributed by atoms with Crippen molar-refractivity contribution in [3.63, 3.8) is 0 Å². The first-order valence-corrected chi connectivity index (χ1v) is 8.15. The highest BCUT2D eigenvalue weighted by Crippen LogP contribution is 2.43. The van der Waals surface area contributed by atoms with Gasteiger partial charge in [0.15, 0.2) is 0 Å². The molecule has 3 atom stereocenters. The van der Waals surface area contributed by atoms with Crippen molar-refractivity contribution in [2.45, 2.75) is 24.4 Å². The maximum absolute atomic E-state index is 12.5. The van der Waals surface area contributed by atoms with E-state index in [2.05, 4.69) is 6.58 Å². The summed E-state index contributed by atoms with van der Waals surface area (Å²) in [6.07, 6.45) is 0. The smallest absolute Gasteiger partial charge is 0.262 e. The molecule has 112 valence electrons. The Bertz CT molecular complexity index is 710. The fraction of sp³-hybridized carbons (Fsp3) is 0.312. The van der Waals surface area contributed by atoms with E-state index in [-0.39, 0.29) is 29.1 Å². The van der Waals surface area contributed by atoms with Crippen LogP contribution in [-0.4, -0.2) is 50.7 Å². The van der Waals surface area contributed by atoms with Crippen molar-refractivity contribution >= 4 is 29.5 Å². The summed E-state index contributed by atoms with van der Waals surface area (Å²) in [6, 6.07) is 6.00. The highest BCUT2D eigenvalue weighted by Gasteiger charge is 2.59. The predicted octanol–water partition coefficient (Wildman–Crippen LogP) is 1.51. The Hall–Kier alpha value is -2.08. The van der Waals surface area contributed by atoms with Crippen LogP contribution in [-0.2, 0) is 4.79 Å². The third-order valence-corrected chi connectivity index (χ3v) is 5.97. The quantitative estimate of drug-likeness (QED) is 0.448. The fourth-order valence-corrected chi connectivity index (χ4v) is 4.75. The van der Waals surface area contributed by atoms with E-state index in [0.29, 0.717) is 11.1 Å². The van der Waals surface area contributed by atoms with E-state index in [1.807, 2.05) is 6.92 Å². The van der Waals surface area contributed by atoms with Crippen molar-refractivity contribution < 1.29 is 14.4 Å². The molecular weight excluding hydrogens is 300 g/mol. The van der Waals surface area contributed by atoms with Crippen LogP contribution in [0.3, 0.4) is 0 Å². The van der Waals surface area contributed by atoms with E-state index in [1.54, 1.807) is 40.9 Å². The molecule has 0 aliphatic carbocycles. The van der Waals surface area contributed by atoms with Crippen molar-refractivity contribution in [1.29, 1.82) is 0 Å². The van der Waals surface area contributed by atoms with E-state index in [1.165, 1.54) is 0 Å². The van der Waals surface area contributed by atoms with Gasteiger partial charge in [0, 0.05) is 5.75 Å². The van der Waals surface area contributed by atoms with Crippen molar-refractivity contribution in [2.75, 3.05) is 5.75 Å². The van der Waals surface area contributed by atoms with E-state index in [4.69, 9.17) is 0 Å². The molecule has 6 heteroatoms. The lowest BCUT2D eigenvalue weighted by Crippen LogP contribution is -2.73. The Kier molecular flexibility index (Phi) is 2.75. The lowest BCUT2D eigenvalue weighted by atomic mass is 9.98. The van der Waals surface area contributed by atoms with Gasteiger partial charge in [-0.25, -0.2) is 0 Å². The average Bonchev–Trinajstić information content (AvgIpc) is 2.76. The van der Waals surface area contributed by atoms with Crippen LogP contribution in [0.4, 0.5) is 0 Å². The minimum absolute atomic E-state index is 0.0369. The number of β-lactam (4-membered cyclic amide) rings is 1. The molecule has 0 aromatic heterocycles. The first-order valence-electron chi connectivity index (χ1n) is 7.10. The number of rotatable bonds is 1. The maximum atomic E-state index is 12.5. The maximum Gasteiger partial charge on any atom is 0.262 e. The number of amides is 3. The second kappa shape index (κ2) is 4.46. The highest BCUT2D eigenvalue weighted by molar-refractivity contribution is 8.00. The van der Waals surface area contributed by atoms with E-state index in [9.17, 15) is 14.4 Å². The SMILES string of the molecule is C=C1CS[C@@H]2[C@H](N3C(=O)c4ccccc4C3=O)C(=O)N2[C@@H]1C. The van der Waals surface area contributed by atoms with E-state index in [0.717, 1.165) is 16.2 Å². The lowest BCUT2D eigenvalue weighted by Gasteiger charge is -2.54. The Labute approximate surface area is 132 Å². The summed E-state index contributed by atoms with van der Waals surface area (Å²) in [5, 5.41) is -0.157. The normalized spacial score (nSPS) is 30.3. The van der Waals surface area contributed by atoms with Crippen LogP contribution < -0.4 is 0 Å². The third-order valence-electron chi connectivity index (χ3n) is 4.60. The minimum Gasteiger partial charge on any atom is -0.320 e. The van der Waals surface area contributed by atoms with Crippen LogP contribution in [0.15, 0.2) is 36.4 Å². The Morgan fingerprint density at radius 3 is 2.32 bits per heavy atom. The number of carbonyl (C=O) groups excluding carboxylic acids is 3. The van der Waals surface area contributed by atoms with Gasteiger partial charge in [-0.1, -0.05) is 18.7 Å². The van der Waals surface area contributed by atoms with Gasteiger partial charge in [-0.15, -0.1) is 11.8 Å². The first kappa shape index (κ1) is 13.6. The number of benzene rings is 1. The highest BCUT2D eigenvalue weighted by atomic mass is 32.2. The van der Waals surface area contributed by atoms with Crippen LogP contribution in [0, 0.1) is 0 Å². The topological polar surface area (TPSA) is 57.7 Å². The van der Waals surface area contributed by atoms with Crippen molar-refractivity contribution in [2.24, 2.45) is 0 Å². The minimum atomic E-state index is -0.687. The molecule has 2 fully saturated rings. The predicted molar refractivity (Wildman–Crippen MR) is 82.4 cm³/mol. The number of imide groups is 1. The summed E-state index contributed by atoms with van der Waals surface area (Å²) < 4.78 is 0. The molecule has 0 radical (unpaired) electrons. The summed E-state index contributed by atoms with van der Waals surface area (Å²) in [5.74, 6) is -0.150. The second-order valence-corrected chi connectivity index (χ2v) is 6.86. The zero-order valence-electron chi connectivity index (χ0n) is 12.0. The van der Waals surface area contributed by atoms with E-state index >= 15 is 0 Å². The second-order valence-electron chi connectivity index (χ2n) is 5.75.